The number of unbranched alkanes of at least 4 members (excludes halogenated alkanes) is 2. The van der Waals surface area contributed by atoms with Gasteiger partial charge in [0.2, 0.25) is 11.8 Å². The van der Waals surface area contributed by atoms with E-state index in [1.807, 2.05) is 72.8 Å². The highest BCUT2D eigenvalue weighted by atomic mass is 16.2. The molecule has 0 saturated heterocycles. The summed E-state index contributed by atoms with van der Waals surface area (Å²) < 4.78 is 0. The van der Waals surface area contributed by atoms with Gasteiger partial charge in [-0.3, -0.25) is 19.2 Å². The van der Waals surface area contributed by atoms with Crippen molar-refractivity contribution in [3.63, 3.8) is 0 Å². The molecule has 0 fully saturated rings. The monoisotopic (exact) mass is 604 g/mol. The lowest BCUT2D eigenvalue weighted by Gasteiger charge is -2.19. The zero-order valence-electron chi connectivity index (χ0n) is 25.3. The van der Waals surface area contributed by atoms with Crippen molar-refractivity contribution >= 4 is 23.6 Å². The van der Waals surface area contributed by atoms with Crippen LogP contribution in [-0.4, -0.2) is 48.8 Å². The quantitative estimate of drug-likeness (QED) is 0.141. The van der Waals surface area contributed by atoms with E-state index in [1.54, 1.807) is 48.5 Å². The van der Waals surface area contributed by atoms with Gasteiger partial charge in [0.15, 0.2) is 0 Å². The van der Waals surface area contributed by atoms with Crippen LogP contribution in [-0.2, 0) is 22.4 Å². The highest BCUT2D eigenvalue weighted by molar-refractivity contribution is 5.98. The van der Waals surface area contributed by atoms with E-state index in [-0.39, 0.29) is 23.6 Å². The molecule has 2 atom stereocenters. The number of rotatable bonds is 16. The number of benzene rings is 4. The number of amides is 4. The Kier molecular flexibility index (Phi) is 12.9. The zero-order chi connectivity index (χ0) is 31.7. The van der Waals surface area contributed by atoms with Gasteiger partial charge < -0.3 is 21.3 Å². The molecule has 0 aliphatic carbocycles. The fourth-order valence-electron chi connectivity index (χ4n) is 4.88. The minimum Gasteiger partial charge on any atom is -0.354 e. The van der Waals surface area contributed by atoms with Crippen LogP contribution >= 0.6 is 0 Å². The lowest BCUT2D eigenvalue weighted by Crippen LogP contribution is -2.48. The van der Waals surface area contributed by atoms with Crippen molar-refractivity contribution < 1.29 is 19.2 Å². The van der Waals surface area contributed by atoms with Crippen molar-refractivity contribution in [1.29, 1.82) is 0 Å². The first-order chi connectivity index (χ1) is 22.0. The van der Waals surface area contributed by atoms with E-state index in [0.717, 1.165) is 17.5 Å². The summed E-state index contributed by atoms with van der Waals surface area (Å²) in [7, 11) is 0. The van der Waals surface area contributed by atoms with E-state index >= 15 is 0 Å². The SMILES string of the molecule is O=C(N[C@@H](Cc1ccccc1)C(=O)NCCCCCNC(=O)[C@H](Cc1ccccc1)NC(=O)c1ccccc1)c1ccccc1. The summed E-state index contributed by atoms with van der Waals surface area (Å²) in [5.74, 6) is -1.08. The number of carbonyl (C=O) groups excluding carboxylic acids is 4. The standard InChI is InChI=1S/C37H40N4O4/c42-34(30-20-10-3-11-21-30)40-32(26-28-16-6-1-7-17-28)36(44)38-24-14-5-15-25-39-37(45)33(27-29-18-8-2-9-19-29)41-35(43)31-22-12-4-13-23-31/h1-4,6-13,16-23,32-33H,5,14-15,24-27H2,(H,38,44)(H,39,45)(H,40,42)(H,41,43)/t32-,33-/m0/s1. The van der Waals surface area contributed by atoms with Crippen LogP contribution in [0.3, 0.4) is 0 Å². The molecule has 0 heterocycles. The predicted octanol–water partition coefficient (Wildman–Crippen LogP) is 4.47. The van der Waals surface area contributed by atoms with Gasteiger partial charge in [-0.1, -0.05) is 97.1 Å². The second-order valence-corrected chi connectivity index (χ2v) is 10.8. The molecule has 0 radical (unpaired) electrons. The predicted molar refractivity (Wildman–Crippen MR) is 176 cm³/mol. The molecule has 0 bridgehead atoms. The molecule has 0 spiro atoms. The van der Waals surface area contributed by atoms with Crippen molar-refractivity contribution in [2.45, 2.75) is 44.2 Å². The first-order valence-electron chi connectivity index (χ1n) is 15.3. The zero-order valence-corrected chi connectivity index (χ0v) is 25.3. The number of hydrogen-bond acceptors (Lipinski definition) is 4. The Hall–Kier alpha value is -5.24. The Balaban J connectivity index is 1.22. The highest BCUT2D eigenvalue weighted by Gasteiger charge is 2.23. The summed E-state index contributed by atoms with van der Waals surface area (Å²) in [6.45, 7) is 0.895. The molecule has 4 N–H and O–H groups in total. The molecule has 4 amide bonds. The number of hydrogen-bond donors (Lipinski definition) is 4. The molecule has 232 valence electrons. The average molecular weight is 605 g/mol. The van der Waals surface area contributed by atoms with Crippen LogP contribution in [0.2, 0.25) is 0 Å². The molecule has 4 aromatic rings. The fourth-order valence-corrected chi connectivity index (χ4v) is 4.88. The van der Waals surface area contributed by atoms with Gasteiger partial charge in [-0.25, -0.2) is 0 Å². The van der Waals surface area contributed by atoms with Gasteiger partial charge in [0.05, 0.1) is 0 Å². The minimum absolute atomic E-state index is 0.241. The molecule has 45 heavy (non-hydrogen) atoms. The Bertz CT molecular complexity index is 1380. The molecular formula is C37H40N4O4. The third kappa shape index (κ3) is 11.1. The van der Waals surface area contributed by atoms with Crippen LogP contribution in [0.4, 0.5) is 0 Å². The second-order valence-electron chi connectivity index (χ2n) is 10.8. The van der Waals surface area contributed by atoms with Crippen LogP contribution in [0.25, 0.3) is 0 Å². The molecule has 4 rings (SSSR count). The topological polar surface area (TPSA) is 116 Å². The fraction of sp³-hybridized carbons (Fsp3) is 0.243. The van der Waals surface area contributed by atoms with E-state index in [0.29, 0.717) is 49.9 Å². The highest BCUT2D eigenvalue weighted by Crippen LogP contribution is 2.08. The van der Waals surface area contributed by atoms with E-state index in [4.69, 9.17) is 0 Å². The van der Waals surface area contributed by atoms with Gasteiger partial charge in [-0.15, -0.1) is 0 Å². The van der Waals surface area contributed by atoms with Gasteiger partial charge in [0.25, 0.3) is 11.8 Å². The lowest BCUT2D eigenvalue weighted by molar-refractivity contribution is -0.123. The third-order valence-corrected chi connectivity index (χ3v) is 7.33. The maximum atomic E-state index is 13.1. The van der Waals surface area contributed by atoms with Gasteiger partial charge in [-0.2, -0.15) is 0 Å². The summed E-state index contributed by atoms with van der Waals surface area (Å²) in [5, 5.41) is 11.7. The summed E-state index contributed by atoms with van der Waals surface area (Å²) >= 11 is 0. The molecule has 0 saturated carbocycles. The van der Waals surface area contributed by atoms with Gasteiger partial charge in [0.1, 0.15) is 12.1 Å². The van der Waals surface area contributed by atoms with Crippen LogP contribution < -0.4 is 21.3 Å². The Morgan fingerprint density at radius 1 is 0.444 bits per heavy atom. The summed E-state index contributed by atoms with van der Waals surface area (Å²) in [4.78, 5) is 51.8. The van der Waals surface area contributed by atoms with Gasteiger partial charge >= 0.3 is 0 Å². The Morgan fingerprint density at radius 3 is 1.13 bits per heavy atom. The van der Waals surface area contributed by atoms with Crippen molar-refractivity contribution in [2.24, 2.45) is 0 Å². The first kappa shape index (κ1) is 32.7. The molecular weight excluding hydrogens is 564 g/mol. The summed E-state index contributed by atoms with van der Waals surface area (Å²) in [6.07, 6.45) is 2.96. The van der Waals surface area contributed by atoms with Crippen LogP contribution in [0.1, 0.15) is 51.1 Å². The average Bonchev–Trinajstić information content (AvgIpc) is 3.08. The smallest absolute Gasteiger partial charge is 0.251 e. The normalized spacial score (nSPS) is 11.9. The molecule has 0 aliphatic rings. The maximum Gasteiger partial charge on any atom is 0.251 e. The van der Waals surface area contributed by atoms with E-state index in [9.17, 15) is 19.2 Å². The first-order valence-corrected chi connectivity index (χ1v) is 15.3. The maximum absolute atomic E-state index is 13.1. The van der Waals surface area contributed by atoms with Crippen LogP contribution in [0.5, 0.6) is 0 Å². The largest absolute Gasteiger partial charge is 0.354 e. The van der Waals surface area contributed by atoms with Crippen molar-refractivity contribution in [3.8, 4) is 0 Å². The van der Waals surface area contributed by atoms with Gasteiger partial charge in [-0.05, 0) is 54.7 Å². The van der Waals surface area contributed by atoms with Crippen molar-refractivity contribution in [3.05, 3.63) is 144 Å². The van der Waals surface area contributed by atoms with Crippen LogP contribution in [0, 0.1) is 0 Å². The van der Waals surface area contributed by atoms with E-state index in [1.165, 1.54) is 0 Å². The third-order valence-electron chi connectivity index (χ3n) is 7.33. The molecule has 8 nitrogen and oxygen atoms in total. The Labute approximate surface area is 264 Å². The van der Waals surface area contributed by atoms with E-state index < -0.39 is 12.1 Å². The summed E-state index contributed by atoms with van der Waals surface area (Å²) in [5.41, 5.74) is 2.90. The van der Waals surface area contributed by atoms with Crippen molar-refractivity contribution in [1.82, 2.24) is 21.3 Å². The second kappa shape index (κ2) is 17.8. The molecule has 0 aliphatic heterocycles. The minimum atomic E-state index is -0.716. The molecule has 8 heteroatoms. The number of carbonyl (C=O) groups is 4. The van der Waals surface area contributed by atoms with Gasteiger partial charge in [0, 0.05) is 37.1 Å². The van der Waals surface area contributed by atoms with Crippen molar-refractivity contribution in [2.75, 3.05) is 13.1 Å². The molecule has 0 unspecified atom stereocenters. The number of nitrogens with one attached hydrogen (secondary N) is 4. The Morgan fingerprint density at radius 2 is 0.778 bits per heavy atom. The lowest BCUT2D eigenvalue weighted by atomic mass is 10.0. The van der Waals surface area contributed by atoms with Crippen LogP contribution in [0.15, 0.2) is 121 Å². The van der Waals surface area contributed by atoms with E-state index in [2.05, 4.69) is 21.3 Å². The molecule has 0 aromatic heterocycles. The molecule has 4 aromatic carbocycles. The summed E-state index contributed by atoms with van der Waals surface area (Å²) in [6, 6.07) is 35.4.